The highest BCUT2D eigenvalue weighted by Crippen LogP contribution is 2.52. The van der Waals surface area contributed by atoms with Crippen LogP contribution >= 0.6 is 23.4 Å². The van der Waals surface area contributed by atoms with E-state index in [1.54, 1.807) is 17.8 Å². The van der Waals surface area contributed by atoms with Crippen LogP contribution in [0.25, 0.3) is 10.9 Å². The molecule has 17 heteroatoms. The molecule has 3 aliphatic heterocycles. The standard InChI is InChI=1S/C47H64ClN7O8S/c1-8-29-23-47(29,43(58)60-7)53-41(56)35-21-31(24-55(35)42(57)40(46(4,5)6)52-45(59)63-30-19-27-18-28(27)20-30)62-37-22-33(34-25-64-44(51-34)49-26(2)3)50-39-32(37)12-13-36(38(39)48)61-17-16-54-14-10-9-11-15-54/h8,12-13,22,26-31,34-35,40H,1,9-11,14-21,23-25H2,2-7H3,(H,49,51)(H,52,59)(H,53,56)/t27-,28+,29-,30+,31-,34?,35+,40-,47?/m1/s1. The van der Waals surface area contributed by atoms with Gasteiger partial charge in [-0.1, -0.05) is 56.6 Å². The zero-order chi connectivity index (χ0) is 45.5. The smallest absolute Gasteiger partial charge is 0.408 e. The minimum atomic E-state index is -1.29. The lowest BCUT2D eigenvalue weighted by Gasteiger charge is -2.35. The van der Waals surface area contributed by atoms with Gasteiger partial charge in [-0.2, -0.15) is 0 Å². The Hall–Kier alpha value is -4.28. The summed E-state index contributed by atoms with van der Waals surface area (Å²) < 4.78 is 24.1. The number of nitrogens with zero attached hydrogens (tertiary/aromatic N) is 4. The fourth-order valence-corrected chi connectivity index (χ4v) is 11.2. The highest BCUT2D eigenvalue weighted by molar-refractivity contribution is 8.14. The number of aliphatic imine (C=N–C) groups is 1. The molecule has 0 radical (unpaired) electrons. The van der Waals surface area contributed by atoms with Gasteiger partial charge in [0.05, 0.1) is 24.9 Å². The number of methoxy groups -OCH3 is 1. The van der Waals surface area contributed by atoms with Crippen molar-refractivity contribution >= 4 is 63.3 Å². The highest BCUT2D eigenvalue weighted by Gasteiger charge is 2.62. The maximum Gasteiger partial charge on any atom is 0.408 e. The predicted molar refractivity (Wildman–Crippen MR) is 247 cm³/mol. The van der Waals surface area contributed by atoms with Gasteiger partial charge in [0.25, 0.3) is 0 Å². The van der Waals surface area contributed by atoms with Crippen LogP contribution in [0.2, 0.25) is 5.02 Å². The molecular formula is C47H64ClN7O8S. The van der Waals surface area contributed by atoms with Gasteiger partial charge in [-0.15, -0.1) is 6.58 Å². The van der Waals surface area contributed by atoms with Crippen LogP contribution in [-0.4, -0.2) is 125 Å². The molecule has 0 spiro atoms. The molecule has 2 unspecified atom stereocenters. The molecule has 3 aliphatic carbocycles. The summed E-state index contributed by atoms with van der Waals surface area (Å²) in [7, 11) is 1.28. The van der Waals surface area contributed by atoms with Crippen molar-refractivity contribution in [3.8, 4) is 11.5 Å². The molecule has 4 heterocycles. The second-order valence-electron chi connectivity index (χ2n) is 19.8. The first kappa shape index (κ1) is 46.3. The van der Waals surface area contributed by atoms with Crippen LogP contribution in [-0.2, 0) is 23.9 Å². The Balaban J connectivity index is 1.09. The summed E-state index contributed by atoms with van der Waals surface area (Å²) in [6.45, 7) is 17.0. The van der Waals surface area contributed by atoms with Gasteiger partial charge >= 0.3 is 12.1 Å². The SMILES string of the molecule is C=C[C@@H]1CC1(NC(=O)[C@@H]1C[C@@H](Oc2cc(C3CSC(NC(C)C)=N3)nc3c(Cl)c(OCCN4CCCCC4)ccc23)CN1C(=O)[C@@H](NC(=O)O[C@@H]1C[C@@H]2C[C@@H]2C1)C(C)(C)C)C(=O)OC. The number of thioether (sulfide) groups is 1. The number of hydrogen-bond acceptors (Lipinski definition) is 13. The molecule has 3 amide bonds. The Labute approximate surface area is 385 Å². The Kier molecular flexibility index (Phi) is 13.7. The van der Waals surface area contributed by atoms with Crippen molar-refractivity contribution in [3.05, 3.63) is 41.6 Å². The molecule has 3 saturated carbocycles. The zero-order valence-corrected chi connectivity index (χ0v) is 39.5. The molecule has 348 valence electrons. The van der Waals surface area contributed by atoms with Gasteiger partial charge in [0, 0.05) is 42.1 Å². The van der Waals surface area contributed by atoms with Crippen molar-refractivity contribution in [3.63, 3.8) is 0 Å². The van der Waals surface area contributed by atoms with Gasteiger partial charge in [-0.05, 0) is 94.8 Å². The molecule has 1 aromatic carbocycles. The number of amides is 3. The van der Waals surface area contributed by atoms with E-state index in [4.69, 9.17) is 40.5 Å². The average Bonchev–Trinajstić information content (AvgIpc) is 3.92. The largest absolute Gasteiger partial charge is 0.491 e. The maximum atomic E-state index is 14.9. The summed E-state index contributed by atoms with van der Waals surface area (Å²) in [6.07, 6.45) is 6.97. The summed E-state index contributed by atoms with van der Waals surface area (Å²) >= 11 is 8.78. The van der Waals surface area contributed by atoms with Gasteiger partial charge in [-0.3, -0.25) is 19.5 Å². The van der Waals surface area contributed by atoms with Crippen LogP contribution in [0.4, 0.5) is 4.79 Å². The van der Waals surface area contributed by atoms with E-state index in [1.807, 2.05) is 39.0 Å². The maximum absolute atomic E-state index is 14.9. The average molecular weight is 923 g/mol. The molecule has 9 atom stereocenters. The molecule has 2 saturated heterocycles. The molecule has 5 fully saturated rings. The number of benzene rings is 1. The van der Waals surface area contributed by atoms with Gasteiger partial charge < -0.3 is 39.8 Å². The Morgan fingerprint density at radius 3 is 2.47 bits per heavy atom. The fourth-order valence-electron chi connectivity index (χ4n) is 9.84. The second-order valence-corrected chi connectivity index (χ2v) is 21.2. The first-order valence-corrected chi connectivity index (χ1v) is 24.4. The van der Waals surface area contributed by atoms with Crippen LogP contribution in [0.5, 0.6) is 11.5 Å². The topological polar surface area (TPSA) is 173 Å². The lowest BCUT2D eigenvalue weighted by atomic mass is 9.85. The van der Waals surface area contributed by atoms with Crippen LogP contribution in [0.3, 0.4) is 0 Å². The molecule has 6 aliphatic rings. The number of carbonyl (C=O) groups is 4. The number of halogens is 1. The number of hydrogen-bond donors (Lipinski definition) is 3. The number of pyridine rings is 1. The van der Waals surface area contributed by atoms with E-state index in [0.717, 1.165) is 37.6 Å². The number of alkyl carbamates (subject to hydrolysis) is 1. The normalized spacial score (nSPS) is 29.1. The number of nitrogens with one attached hydrogen (secondary N) is 3. The van der Waals surface area contributed by atoms with Crippen LogP contribution < -0.4 is 25.4 Å². The number of likely N-dealkylation sites (tertiary alicyclic amines) is 2. The van der Waals surface area contributed by atoms with Gasteiger partial charge in [-0.25, -0.2) is 14.6 Å². The van der Waals surface area contributed by atoms with Crippen molar-refractivity contribution in [1.29, 1.82) is 0 Å². The summed E-state index contributed by atoms with van der Waals surface area (Å²) in [4.78, 5) is 69.8. The number of ether oxygens (including phenoxy) is 4. The summed E-state index contributed by atoms with van der Waals surface area (Å²) in [6, 6.07) is 3.38. The van der Waals surface area contributed by atoms with Crippen molar-refractivity contribution in [2.45, 2.75) is 128 Å². The van der Waals surface area contributed by atoms with E-state index in [2.05, 4.69) is 41.3 Å². The van der Waals surface area contributed by atoms with Crippen molar-refractivity contribution < 1.29 is 38.1 Å². The number of amidine groups is 1. The monoisotopic (exact) mass is 921 g/mol. The first-order valence-electron chi connectivity index (χ1n) is 23.0. The molecule has 64 heavy (non-hydrogen) atoms. The quantitative estimate of drug-likeness (QED) is 0.133. The molecule has 1 aromatic heterocycles. The third kappa shape index (κ3) is 10.1. The fraction of sp³-hybridized carbons (Fsp3) is 0.660. The predicted octanol–water partition coefficient (Wildman–Crippen LogP) is 6.42. The number of aromatic nitrogens is 1. The van der Waals surface area contributed by atoms with Crippen molar-refractivity contribution in [2.75, 3.05) is 45.6 Å². The van der Waals surface area contributed by atoms with Crippen LogP contribution in [0.1, 0.15) is 97.7 Å². The van der Waals surface area contributed by atoms with Crippen molar-refractivity contribution in [2.24, 2.45) is 28.2 Å². The molecule has 15 nitrogen and oxygen atoms in total. The Morgan fingerprint density at radius 2 is 1.80 bits per heavy atom. The van der Waals surface area contributed by atoms with Gasteiger partial charge in [0.1, 0.15) is 59.0 Å². The van der Waals surface area contributed by atoms with E-state index >= 15 is 0 Å². The first-order chi connectivity index (χ1) is 30.6. The molecule has 8 rings (SSSR count). The number of rotatable bonds is 15. The zero-order valence-electron chi connectivity index (χ0n) is 38.0. The van der Waals surface area contributed by atoms with Crippen molar-refractivity contribution in [1.82, 2.24) is 30.7 Å². The van der Waals surface area contributed by atoms with E-state index in [0.29, 0.717) is 63.7 Å². The van der Waals surface area contributed by atoms with E-state index in [-0.39, 0.29) is 37.1 Å². The molecule has 0 bridgehead atoms. The Bertz CT molecular complexity index is 2150. The lowest BCUT2D eigenvalue weighted by molar-refractivity contribution is -0.148. The summed E-state index contributed by atoms with van der Waals surface area (Å²) in [5, 5.41) is 11.0. The summed E-state index contributed by atoms with van der Waals surface area (Å²) in [5.74, 6) is 0.937. The minimum Gasteiger partial charge on any atom is -0.491 e. The van der Waals surface area contributed by atoms with Crippen LogP contribution in [0.15, 0.2) is 35.8 Å². The van der Waals surface area contributed by atoms with Gasteiger partial charge in [0.2, 0.25) is 11.8 Å². The number of carbonyl (C=O) groups excluding carboxylic acids is 4. The number of piperidine rings is 1. The van der Waals surface area contributed by atoms with E-state index < -0.39 is 53.0 Å². The van der Waals surface area contributed by atoms with E-state index in [1.165, 1.54) is 37.7 Å². The lowest BCUT2D eigenvalue weighted by Crippen LogP contribution is -2.59. The van der Waals surface area contributed by atoms with E-state index in [9.17, 15) is 19.2 Å². The molecule has 3 N–H and O–H groups in total. The molecule has 2 aromatic rings. The number of fused-ring (bicyclic) bond motifs is 2. The second kappa shape index (κ2) is 18.9. The third-order valence-corrected chi connectivity index (χ3v) is 14.9. The minimum absolute atomic E-state index is 0.00674. The van der Waals surface area contributed by atoms with Gasteiger partial charge in [0.15, 0.2) is 5.17 Å². The van der Waals surface area contributed by atoms with Crippen LogP contribution in [0, 0.1) is 23.2 Å². The highest BCUT2D eigenvalue weighted by atomic mass is 35.5. The number of esters is 1. The molecular weight excluding hydrogens is 858 g/mol. The summed E-state index contributed by atoms with van der Waals surface area (Å²) in [5.41, 5.74) is -0.912. The Morgan fingerprint density at radius 1 is 1.05 bits per heavy atom. The third-order valence-electron chi connectivity index (χ3n) is 13.6.